The highest BCUT2D eigenvalue weighted by molar-refractivity contribution is 7.10. The summed E-state index contributed by atoms with van der Waals surface area (Å²) in [7, 11) is 0. The largest absolute Gasteiger partial charge is 0.390 e. The molecule has 0 aliphatic carbocycles. The predicted molar refractivity (Wildman–Crippen MR) is 55.3 cm³/mol. The van der Waals surface area contributed by atoms with E-state index in [-0.39, 0.29) is 0 Å². The molecule has 0 aliphatic heterocycles. The fourth-order valence-electron chi connectivity index (χ4n) is 0.896. The first-order valence-electron chi connectivity index (χ1n) is 4.03. The molecular weight excluding hydrogens is 208 g/mol. The van der Waals surface area contributed by atoms with Crippen molar-refractivity contribution in [3.8, 4) is 0 Å². The smallest absolute Gasteiger partial charge is 0.0870 e. The van der Waals surface area contributed by atoms with Gasteiger partial charge in [-0.25, -0.2) is 0 Å². The van der Waals surface area contributed by atoms with Crippen LogP contribution in [0.1, 0.15) is 18.7 Å². The van der Waals surface area contributed by atoms with Crippen LogP contribution in [0.15, 0.2) is 11.4 Å². The van der Waals surface area contributed by atoms with Crippen molar-refractivity contribution in [3.63, 3.8) is 0 Å². The zero-order valence-corrected chi connectivity index (χ0v) is 9.19. The third-order valence-electron chi connectivity index (χ3n) is 1.89. The molecule has 1 atom stereocenters. The van der Waals surface area contributed by atoms with E-state index >= 15 is 0 Å². The van der Waals surface area contributed by atoms with Gasteiger partial charge in [-0.1, -0.05) is 11.6 Å². The summed E-state index contributed by atoms with van der Waals surface area (Å²) in [5, 5.41) is 21.6. The summed E-state index contributed by atoms with van der Waals surface area (Å²) in [6.07, 6.45) is -0.372. The van der Waals surface area contributed by atoms with Gasteiger partial charge in [-0.3, -0.25) is 0 Å². The van der Waals surface area contributed by atoms with Gasteiger partial charge in [0.15, 0.2) is 0 Å². The summed E-state index contributed by atoms with van der Waals surface area (Å²) >= 11 is 7.34. The molecule has 0 radical (unpaired) electrons. The Kier molecular flexibility index (Phi) is 3.35. The van der Waals surface area contributed by atoms with Gasteiger partial charge < -0.3 is 10.2 Å². The molecule has 0 aliphatic rings. The van der Waals surface area contributed by atoms with Crippen molar-refractivity contribution in [1.82, 2.24) is 0 Å². The van der Waals surface area contributed by atoms with E-state index in [2.05, 4.69) is 0 Å². The first-order chi connectivity index (χ1) is 5.91. The maximum absolute atomic E-state index is 9.58. The molecule has 2 N–H and O–H groups in total. The second kappa shape index (κ2) is 3.96. The molecule has 1 rings (SSSR count). The third kappa shape index (κ3) is 2.95. The second-order valence-electron chi connectivity index (χ2n) is 3.57. The first kappa shape index (κ1) is 11.0. The molecule has 1 heterocycles. The van der Waals surface area contributed by atoms with Gasteiger partial charge in [0.1, 0.15) is 0 Å². The quantitative estimate of drug-likeness (QED) is 0.819. The minimum Gasteiger partial charge on any atom is -0.390 e. The Morgan fingerprint density at radius 1 is 1.62 bits per heavy atom. The summed E-state index contributed by atoms with van der Waals surface area (Å²) in [5.74, 6) is 0. The zero-order valence-electron chi connectivity index (χ0n) is 7.62. The van der Waals surface area contributed by atoms with Crippen LogP contribution < -0.4 is 0 Å². The lowest BCUT2D eigenvalue weighted by Crippen LogP contribution is -2.37. The van der Waals surface area contributed by atoms with E-state index in [4.69, 9.17) is 11.6 Å². The SMILES string of the molecule is CC(C)(O)C(O)Cc1sccc1Cl. The number of hydrogen-bond donors (Lipinski definition) is 2. The van der Waals surface area contributed by atoms with E-state index in [0.29, 0.717) is 11.4 Å². The minimum atomic E-state index is -1.08. The van der Waals surface area contributed by atoms with Crippen molar-refractivity contribution in [3.05, 3.63) is 21.3 Å². The Morgan fingerprint density at radius 3 is 2.62 bits per heavy atom. The van der Waals surface area contributed by atoms with Crippen LogP contribution in [-0.4, -0.2) is 21.9 Å². The molecule has 0 amide bonds. The monoisotopic (exact) mass is 220 g/mol. The number of aliphatic hydroxyl groups is 2. The molecule has 4 heteroatoms. The molecule has 1 aromatic heterocycles. The number of halogens is 1. The highest BCUT2D eigenvalue weighted by Gasteiger charge is 2.25. The van der Waals surface area contributed by atoms with E-state index in [1.807, 2.05) is 5.38 Å². The van der Waals surface area contributed by atoms with Crippen LogP contribution in [0.5, 0.6) is 0 Å². The maximum Gasteiger partial charge on any atom is 0.0870 e. The van der Waals surface area contributed by atoms with E-state index in [1.54, 1.807) is 19.9 Å². The molecule has 0 saturated carbocycles. The van der Waals surface area contributed by atoms with Crippen molar-refractivity contribution in [2.24, 2.45) is 0 Å². The molecule has 1 unspecified atom stereocenters. The Bertz CT molecular complexity index is 277. The minimum absolute atomic E-state index is 0.403. The second-order valence-corrected chi connectivity index (χ2v) is 4.97. The van der Waals surface area contributed by atoms with Gasteiger partial charge >= 0.3 is 0 Å². The Labute approximate surface area is 86.8 Å². The van der Waals surface area contributed by atoms with Crippen LogP contribution in [-0.2, 0) is 6.42 Å². The Balaban J connectivity index is 2.65. The van der Waals surface area contributed by atoms with Gasteiger partial charge in [0, 0.05) is 11.3 Å². The summed E-state index contributed by atoms with van der Waals surface area (Å²) in [4.78, 5) is 0.913. The molecule has 0 saturated heterocycles. The first-order valence-corrected chi connectivity index (χ1v) is 5.29. The summed E-state index contributed by atoms with van der Waals surface area (Å²) in [5.41, 5.74) is -1.08. The van der Waals surface area contributed by atoms with Gasteiger partial charge in [-0.15, -0.1) is 11.3 Å². The molecule has 1 aromatic rings. The molecule has 13 heavy (non-hydrogen) atoms. The molecular formula is C9H13ClO2S. The molecule has 0 fully saturated rings. The normalized spacial score (nSPS) is 14.5. The number of rotatable bonds is 3. The molecule has 74 valence electrons. The Hall–Kier alpha value is -0.0900. The van der Waals surface area contributed by atoms with Crippen LogP contribution in [0, 0.1) is 0 Å². The van der Waals surface area contributed by atoms with Crippen molar-refractivity contribution in [1.29, 1.82) is 0 Å². The van der Waals surface area contributed by atoms with Gasteiger partial charge in [0.2, 0.25) is 0 Å². The van der Waals surface area contributed by atoms with Crippen LogP contribution in [0.2, 0.25) is 5.02 Å². The Morgan fingerprint density at radius 2 is 2.23 bits per heavy atom. The fraction of sp³-hybridized carbons (Fsp3) is 0.556. The predicted octanol–water partition coefficient (Wildman–Crippen LogP) is 2.08. The summed E-state index contributed by atoms with van der Waals surface area (Å²) in [6, 6.07) is 1.79. The highest BCUT2D eigenvalue weighted by Crippen LogP contribution is 2.25. The van der Waals surface area contributed by atoms with Crippen molar-refractivity contribution >= 4 is 22.9 Å². The number of thiophene rings is 1. The maximum atomic E-state index is 9.58. The van der Waals surface area contributed by atoms with Crippen molar-refractivity contribution in [2.75, 3.05) is 0 Å². The van der Waals surface area contributed by atoms with Gasteiger partial charge in [-0.05, 0) is 25.3 Å². The van der Waals surface area contributed by atoms with Gasteiger partial charge in [0.25, 0.3) is 0 Å². The molecule has 0 bridgehead atoms. The van der Waals surface area contributed by atoms with Crippen molar-refractivity contribution < 1.29 is 10.2 Å². The van der Waals surface area contributed by atoms with Crippen LogP contribution in [0.25, 0.3) is 0 Å². The highest BCUT2D eigenvalue weighted by atomic mass is 35.5. The van der Waals surface area contributed by atoms with Gasteiger partial charge in [-0.2, -0.15) is 0 Å². The van der Waals surface area contributed by atoms with E-state index in [0.717, 1.165) is 4.88 Å². The standard InChI is InChI=1S/C9H13ClO2S/c1-9(2,12)8(11)5-7-6(10)3-4-13-7/h3-4,8,11-12H,5H2,1-2H3. The number of aliphatic hydroxyl groups excluding tert-OH is 1. The third-order valence-corrected chi connectivity index (χ3v) is 3.29. The van der Waals surface area contributed by atoms with E-state index in [1.165, 1.54) is 11.3 Å². The van der Waals surface area contributed by atoms with Crippen LogP contribution in [0.3, 0.4) is 0 Å². The van der Waals surface area contributed by atoms with E-state index in [9.17, 15) is 10.2 Å². The lowest BCUT2D eigenvalue weighted by molar-refractivity contribution is -0.0465. The average Bonchev–Trinajstić information content (AvgIpc) is 2.34. The number of hydrogen-bond acceptors (Lipinski definition) is 3. The molecule has 0 aromatic carbocycles. The lowest BCUT2D eigenvalue weighted by Gasteiger charge is -2.23. The van der Waals surface area contributed by atoms with Crippen LogP contribution >= 0.6 is 22.9 Å². The fourth-order valence-corrected chi connectivity index (χ4v) is 2.05. The molecule has 0 spiro atoms. The summed E-state index contributed by atoms with van der Waals surface area (Å²) in [6.45, 7) is 3.17. The van der Waals surface area contributed by atoms with Crippen molar-refractivity contribution in [2.45, 2.75) is 32.0 Å². The lowest BCUT2D eigenvalue weighted by atomic mass is 9.99. The van der Waals surface area contributed by atoms with E-state index < -0.39 is 11.7 Å². The van der Waals surface area contributed by atoms with Crippen LogP contribution in [0.4, 0.5) is 0 Å². The zero-order chi connectivity index (χ0) is 10.1. The molecule has 2 nitrogen and oxygen atoms in total. The average molecular weight is 221 g/mol. The summed E-state index contributed by atoms with van der Waals surface area (Å²) < 4.78 is 0. The topological polar surface area (TPSA) is 40.5 Å². The van der Waals surface area contributed by atoms with Gasteiger partial charge in [0.05, 0.1) is 16.7 Å².